The van der Waals surface area contributed by atoms with Crippen LogP contribution in [0, 0.1) is 6.92 Å². The Balaban J connectivity index is 1.76. The molecular formula is C18H16F3N3O. The van der Waals surface area contributed by atoms with Crippen LogP contribution >= 0.6 is 0 Å². The molecule has 7 heteroatoms. The summed E-state index contributed by atoms with van der Waals surface area (Å²) in [5.41, 5.74) is 2.16. The highest BCUT2D eigenvalue weighted by Crippen LogP contribution is 2.31. The van der Waals surface area contributed by atoms with Gasteiger partial charge in [0.1, 0.15) is 0 Å². The molecule has 4 nitrogen and oxygen atoms in total. The van der Waals surface area contributed by atoms with Crippen molar-refractivity contribution in [2.75, 3.05) is 6.54 Å². The van der Waals surface area contributed by atoms with Crippen LogP contribution in [-0.4, -0.2) is 22.0 Å². The number of nitrogens with zero attached hydrogens (tertiary/aromatic N) is 2. The minimum absolute atomic E-state index is 0.0209. The number of fused-ring (bicyclic) bond motifs is 1. The van der Waals surface area contributed by atoms with Crippen molar-refractivity contribution in [1.29, 1.82) is 0 Å². The Hall–Kier alpha value is -2.83. The maximum Gasteiger partial charge on any atom is 0.449 e. The van der Waals surface area contributed by atoms with Crippen molar-refractivity contribution in [3.8, 4) is 0 Å². The lowest BCUT2D eigenvalue weighted by Crippen LogP contribution is -2.28. The van der Waals surface area contributed by atoms with Crippen molar-refractivity contribution < 1.29 is 18.0 Å². The van der Waals surface area contributed by atoms with E-state index in [1.807, 2.05) is 6.92 Å². The summed E-state index contributed by atoms with van der Waals surface area (Å²) in [6, 6.07) is 13.4. The van der Waals surface area contributed by atoms with Crippen LogP contribution < -0.4 is 5.32 Å². The van der Waals surface area contributed by atoms with E-state index in [-0.39, 0.29) is 24.5 Å². The summed E-state index contributed by atoms with van der Waals surface area (Å²) in [5, 5.41) is 2.65. The van der Waals surface area contributed by atoms with E-state index in [0.717, 1.165) is 10.1 Å². The van der Waals surface area contributed by atoms with Crippen LogP contribution in [-0.2, 0) is 12.7 Å². The molecule has 3 aromatic rings. The zero-order chi connectivity index (χ0) is 18.0. The summed E-state index contributed by atoms with van der Waals surface area (Å²) < 4.78 is 40.7. The third kappa shape index (κ3) is 3.65. The normalized spacial score (nSPS) is 11.7. The third-order valence-electron chi connectivity index (χ3n) is 3.84. The van der Waals surface area contributed by atoms with E-state index in [1.165, 1.54) is 6.07 Å². The van der Waals surface area contributed by atoms with Gasteiger partial charge in [0, 0.05) is 18.7 Å². The van der Waals surface area contributed by atoms with Gasteiger partial charge < -0.3 is 9.88 Å². The minimum atomic E-state index is -4.56. The van der Waals surface area contributed by atoms with Gasteiger partial charge in [-0.3, -0.25) is 4.79 Å². The average molecular weight is 347 g/mol. The largest absolute Gasteiger partial charge is 0.449 e. The number of hydrogen-bond donors (Lipinski definition) is 1. The molecule has 0 spiro atoms. The second-order valence-electron chi connectivity index (χ2n) is 5.70. The molecule has 25 heavy (non-hydrogen) atoms. The standard InChI is InChI=1S/C18H16F3N3O/c1-12-6-8-13(9-7-12)16(25)22-10-11-24-15-5-3-2-4-14(15)23-17(24)18(19,20)21/h2-9H,10-11H2,1H3,(H,22,25). The first-order valence-corrected chi connectivity index (χ1v) is 7.73. The molecule has 130 valence electrons. The molecule has 0 aliphatic heterocycles. The van der Waals surface area contributed by atoms with Crippen molar-refractivity contribution in [1.82, 2.24) is 14.9 Å². The number of carbonyl (C=O) groups is 1. The van der Waals surface area contributed by atoms with Crippen LogP contribution in [0.5, 0.6) is 0 Å². The van der Waals surface area contributed by atoms with Gasteiger partial charge in [-0.2, -0.15) is 13.2 Å². The maximum absolute atomic E-state index is 13.2. The Morgan fingerprint density at radius 2 is 1.80 bits per heavy atom. The van der Waals surface area contributed by atoms with E-state index >= 15 is 0 Å². The third-order valence-corrected chi connectivity index (χ3v) is 3.84. The fourth-order valence-corrected chi connectivity index (χ4v) is 2.61. The molecule has 0 aliphatic rings. The lowest BCUT2D eigenvalue weighted by atomic mass is 10.1. The van der Waals surface area contributed by atoms with Crippen molar-refractivity contribution in [3.05, 3.63) is 65.5 Å². The molecule has 1 N–H and O–H groups in total. The Labute approximate surface area is 142 Å². The molecule has 1 heterocycles. The van der Waals surface area contributed by atoms with E-state index in [9.17, 15) is 18.0 Å². The first-order chi connectivity index (χ1) is 11.9. The summed E-state index contributed by atoms with van der Waals surface area (Å²) in [4.78, 5) is 15.7. The number of benzene rings is 2. The summed E-state index contributed by atoms with van der Waals surface area (Å²) >= 11 is 0. The Kier molecular flexibility index (Phi) is 4.48. The number of carbonyl (C=O) groups excluding carboxylic acids is 1. The van der Waals surface area contributed by atoms with Crippen molar-refractivity contribution in [2.24, 2.45) is 0 Å². The number of alkyl halides is 3. The highest BCUT2D eigenvalue weighted by atomic mass is 19.4. The number of halogens is 3. The molecule has 3 rings (SSSR count). The quantitative estimate of drug-likeness (QED) is 0.780. The summed E-state index contributed by atoms with van der Waals surface area (Å²) in [6.45, 7) is 1.95. The summed E-state index contributed by atoms with van der Waals surface area (Å²) in [7, 11) is 0. The van der Waals surface area contributed by atoms with Crippen molar-refractivity contribution >= 4 is 16.9 Å². The number of para-hydroxylation sites is 2. The van der Waals surface area contributed by atoms with E-state index in [1.54, 1.807) is 42.5 Å². The van der Waals surface area contributed by atoms with Gasteiger partial charge in [-0.15, -0.1) is 0 Å². The Morgan fingerprint density at radius 1 is 1.12 bits per heavy atom. The van der Waals surface area contributed by atoms with Crippen LogP contribution in [0.4, 0.5) is 13.2 Å². The molecule has 0 saturated heterocycles. The van der Waals surface area contributed by atoms with E-state index in [2.05, 4.69) is 10.3 Å². The topological polar surface area (TPSA) is 46.9 Å². The number of imidazole rings is 1. The molecule has 0 unspecified atom stereocenters. The molecule has 1 amide bonds. The monoisotopic (exact) mass is 347 g/mol. The van der Waals surface area contributed by atoms with Gasteiger partial charge in [0.05, 0.1) is 11.0 Å². The van der Waals surface area contributed by atoms with Crippen molar-refractivity contribution in [2.45, 2.75) is 19.6 Å². The first kappa shape index (κ1) is 17.0. The first-order valence-electron chi connectivity index (χ1n) is 7.73. The molecule has 0 bridgehead atoms. The SMILES string of the molecule is Cc1ccc(C(=O)NCCn2c(C(F)(F)F)nc3ccccc32)cc1. The van der Waals surface area contributed by atoms with Gasteiger partial charge in [0.2, 0.25) is 5.82 Å². The zero-order valence-corrected chi connectivity index (χ0v) is 13.5. The molecule has 0 aliphatic carbocycles. The second-order valence-corrected chi connectivity index (χ2v) is 5.70. The fourth-order valence-electron chi connectivity index (χ4n) is 2.61. The van der Waals surface area contributed by atoms with Crippen LogP contribution in [0.3, 0.4) is 0 Å². The van der Waals surface area contributed by atoms with Gasteiger partial charge in [0.15, 0.2) is 0 Å². The molecule has 1 aromatic heterocycles. The number of hydrogen-bond acceptors (Lipinski definition) is 2. The molecule has 0 atom stereocenters. The molecular weight excluding hydrogens is 331 g/mol. The van der Waals surface area contributed by atoms with Gasteiger partial charge in [-0.05, 0) is 31.2 Å². The second kappa shape index (κ2) is 6.58. The molecule has 0 fully saturated rings. The molecule has 2 aromatic carbocycles. The summed E-state index contributed by atoms with van der Waals surface area (Å²) in [6.07, 6.45) is -4.56. The van der Waals surface area contributed by atoms with E-state index < -0.39 is 12.0 Å². The van der Waals surface area contributed by atoms with Gasteiger partial charge in [0.25, 0.3) is 5.91 Å². The van der Waals surface area contributed by atoms with Crippen molar-refractivity contribution in [3.63, 3.8) is 0 Å². The number of aryl methyl sites for hydroxylation is 1. The lowest BCUT2D eigenvalue weighted by Gasteiger charge is -2.12. The number of aromatic nitrogens is 2. The predicted octanol–water partition coefficient (Wildman–Crippen LogP) is 3.79. The maximum atomic E-state index is 13.2. The van der Waals surface area contributed by atoms with E-state index in [0.29, 0.717) is 11.1 Å². The van der Waals surface area contributed by atoms with Crippen LogP contribution in [0.1, 0.15) is 21.7 Å². The number of nitrogens with one attached hydrogen (secondary N) is 1. The smallest absolute Gasteiger partial charge is 0.350 e. The fraction of sp³-hybridized carbons (Fsp3) is 0.222. The average Bonchev–Trinajstić information content (AvgIpc) is 2.95. The number of rotatable bonds is 4. The highest BCUT2D eigenvalue weighted by molar-refractivity contribution is 5.94. The van der Waals surface area contributed by atoms with Gasteiger partial charge in [-0.1, -0.05) is 29.8 Å². The lowest BCUT2D eigenvalue weighted by molar-refractivity contribution is -0.146. The van der Waals surface area contributed by atoms with Gasteiger partial charge in [-0.25, -0.2) is 4.98 Å². The zero-order valence-electron chi connectivity index (χ0n) is 13.5. The highest BCUT2D eigenvalue weighted by Gasteiger charge is 2.37. The Morgan fingerprint density at radius 3 is 2.48 bits per heavy atom. The predicted molar refractivity (Wildman–Crippen MR) is 88.2 cm³/mol. The van der Waals surface area contributed by atoms with Crippen LogP contribution in [0.2, 0.25) is 0 Å². The van der Waals surface area contributed by atoms with E-state index in [4.69, 9.17) is 0 Å². The number of amides is 1. The van der Waals surface area contributed by atoms with Crippen LogP contribution in [0.25, 0.3) is 11.0 Å². The molecule has 0 radical (unpaired) electrons. The summed E-state index contributed by atoms with van der Waals surface area (Å²) in [5.74, 6) is -1.28. The minimum Gasteiger partial charge on any atom is -0.350 e. The Bertz CT molecular complexity index is 898. The van der Waals surface area contributed by atoms with Crippen LogP contribution in [0.15, 0.2) is 48.5 Å². The van der Waals surface area contributed by atoms with Gasteiger partial charge >= 0.3 is 6.18 Å². The molecule has 0 saturated carbocycles.